The number of nitrogens with zero attached hydrogens (tertiary/aromatic N) is 1. The monoisotopic (exact) mass is 294 g/mol. The molecule has 0 radical (unpaired) electrons. The molecule has 20 heavy (non-hydrogen) atoms. The van der Waals surface area contributed by atoms with Crippen molar-refractivity contribution < 1.29 is 8.42 Å². The Bertz CT molecular complexity index is 608. The highest BCUT2D eigenvalue weighted by Gasteiger charge is 2.38. The van der Waals surface area contributed by atoms with Gasteiger partial charge in [-0.25, -0.2) is 8.42 Å². The molecule has 4 nitrogen and oxygen atoms in total. The lowest BCUT2D eigenvalue weighted by Gasteiger charge is -2.26. The summed E-state index contributed by atoms with van der Waals surface area (Å²) in [6.07, 6.45) is 5.37. The number of hydrogen-bond donors (Lipinski definition) is 1. The predicted molar refractivity (Wildman–Crippen MR) is 79.0 cm³/mol. The predicted octanol–water partition coefficient (Wildman–Crippen LogP) is 1.53. The largest absolute Gasteiger partial charge is 0.329 e. The van der Waals surface area contributed by atoms with Crippen LogP contribution in [-0.4, -0.2) is 32.4 Å². The maximum atomic E-state index is 12.7. The van der Waals surface area contributed by atoms with Gasteiger partial charge < -0.3 is 5.73 Å². The van der Waals surface area contributed by atoms with Gasteiger partial charge in [-0.15, -0.1) is 0 Å². The first-order valence-corrected chi connectivity index (χ1v) is 8.78. The molecular formula is C15H22N2O2S. The Balaban J connectivity index is 1.90. The lowest BCUT2D eigenvalue weighted by Crippen LogP contribution is -2.43. The fourth-order valence-electron chi connectivity index (χ4n) is 3.17. The molecule has 1 fully saturated rings. The fraction of sp³-hybridized carbons (Fsp3) is 0.600. The van der Waals surface area contributed by atoms with Gasteiger partial charge in [0.15, 0.2) is 0 Å². The summed E-state index contributed by atoms with van der Waals surface area (Å²) < 4.78 is 27.0. The van der Waals surface area contributed by atoms with Gasteiger partial charge in [0.2, 0.25) is 10.0 Å². The quantitative estimate of drug-likeness (QED) is 0.896. The molecule has 1 aromatic carbocycles. The molecule has 110 valence electrons. The summed E-state index contributed by atoms with van der Waals surface area (Å²) in [5, 5.41) is 0. The minimum atomic E-state index is -3.42. The molecule has 2 aliphatic carbocycles. The molecule has 5 heteroatoms. The lowest BCUT2D eigenvalue weighted by molar-refractivity contribution is 0.340. The zero-order valence-electron chi connectivity index (χ0n) is 11.9. The van der Waals surface area contributed by atoms with Gasteiger partial charge in [0.25, 0.3) is 0 Å². The van der Waals surface area contributed by atoms with Crippen LogP contribution < -0.4 is 5.73 Å². The van der Waals surface area contributed by atoms with Crippen LogP contribution in [0.4, 0.5) is 0 Å². The minimum Gasteiger partial charge on any atom is -0.329 e. The molecule has 1 saturated carbocycles. The van der Waals surface area contributed by atoms with Crippen molar-refractivity contribution in [1.29, 1.82) is 0 Å². The molecule has 1 aromatic rings. The van der Waals surface area contributed by atoms with E-state index in [1.807, 2.05) is 12.1 Å². The Kier molecular flexibility index (Phi) is 3.60. The first-order valence-electron chi connectivity index (χ1n) is 7.34. The van der Waals surface area contributed by atoms with Crippen molar-refractivity contribution in [2.24, 2.45) is 11.7 Å². The fourth-order valence-corrected chi connectivity index (χ4v) is 4.65. The lowest BCUT2D eigenvalue weighted by atomic mass is 10.1. The summed E-state index contributed by atoms with van der Waals surface area (Å²) in [6, 6.07) is 5.51. The molecule has 0 spiro atoms. The van der Waals surface area contributed by atoms with E-state index >= 15 is 0 Å². The Morgan fingerprint density at radius 3 is 2.65 bits per heavy atom. The van der Waals surface area contributed by atoms with Gasteiger partial charge in [-0.05, 0) is 61.3 Å². The van der Waals surface area contributed by atoms with Crippen LogP contribution in [0.5, 0.6) is 0 Å². The molecule has 0 heterocycles. The summed E-state index contributed by atoms with van der Waals surface area (Å²) in [6.45, 7) is 0.394. The van der Waals surface area contributed by atoms with E-state index in [0.29, 0.717) is 17.4 Å². The number of likely N-dealkylation sites (N-methyl/N-ethyl adjacent to an activating group) is 1. The van der Waals surface area contributed by atoms with E-state index in [-0.39, 0.29) is 6.04 Å². The third kappa shape index (κ3) is 2.38. The second-order valence-electron chi connectivity index (χ2n) is 5.95. The van der Waals surface area contributed by atoms with Crippen molar-refractivity contribution in [3.63, 3.8) is 0 Å². The second-order valence-corrected chi connectivity index (χ2v) is 7.94. The van der Waals surface area contributed by atoms with Gasteiger partial charge in [-0.3, -0.25) is 0 Å². The topological polar surface area (TPSA) is 63.4 Å². The van der Waals surface area contributed by atoms with Gasteiger partial charge in [-0.2, -0.15) is 4.31 Å². The third-order valence-corrected chi connectivity index (χ3v) is 6.50. The molecule has 0 saturated heterocycles. The Hall–Kier alpha value is -0.910. The zero-order chi connectivity index (χ0) is 14.3. The standard InChI is InChI=1S/C15H22N2O2S/c1-17(15(10-16)12-5-6-12)20(18,19)14-8-7-11-3-2-4-13(11)9-14/h7-9,12,15H,2-6,10,16H2,1H3. The zero-order valence-corrected chi connectivity index (χ0v) is 12.7. The number of aryl methyl sites for hydroxylation is 2. The van der Waals surface area contributed by atoms with Gasteiger partial charge in [-0.1, -0.05) is 6.07 Å². The molecule has 0 aliphatic heterocycles. The van der Waals surface area contributed by atoms with E-state index in [4.69, 9.17) is 5.73 Å². The van der Waals surface area contributed by atoms with Crippen molar-refractivity contribution >= 4 is 10.0 Å². The van der Waals surface area contributed by atoms with Crippen molar-refractivity contribution in [2.75, 3.05) is 13.6 Å². The van der Waals surface area contributed by atoms with Crippen LogP contribution in [0.2, 0.25) is 0 Å². The van der Waals surface area contributed by atoms with Crippen LogP contribution in [0.15, 0.2) is 23.1 Å². The molecule has 1 unspecified atom stereocenters. The highest BCUT2D eigenvalue weighted by molar-refractivity contribution is 7.89. The maximum absolute atomic E-state index is 12.7. The van der Waals surface area contributed by atoms with Crippen molar-refractivity contribution in [3.8, 4) is 0 Å². The van der Waals surface area contributed by atoms with Crippen LogP contribution in [0.1, 0.15) is 30.4 Å². The van der Waals surface area contributed by atoms with Gasteiger partial charge in [0.05, 0.1) is 4.90 Å². The highest BCUT2D eigenvalue weighted by atomic mass is 32.2. The summed E-state index contributed by atoms with van der Waals surface area (Å²) in [4.78, 5) is 0.416. The normalized spacial score (nSPS) is 20.1. The summed E-state index contributed by atoms with van der Waals surface area (Å²) in [7, 11) is -1.76. The Morgan fingerprint density at radius 1 is 1.30 bits per heavy atom. The summed E-state index contributed by atoms with van der Waals surface area (Å²) in [5.41, 5.74) is 8.26. The van der Waals surface area contributed by atoms with Gasteiger partial charge in [0.1, 0.15) is 0 Å². The molecule has 0 bridgehead atoms. The molecule has 0 amide bonds. The van der Waals surface area contributed by atoms with E-state index < -0.39 is 10.0 Å². The van der Waals surface area contributed by atoms with E-state index in [1.165, 1.54) is 15.4 Å². The molecule has 2 N–H and O–H groups in total. The van der Waals surface area contributed by atoms with Gasteiger partial charge in [0, 0.05) is 19.6 Å². The summed E-state index contributed by atoms with van der Waals surface area (Å²) >= 11 is 0. The number of nitrogens with two attached hydrogens (primary N) is 1. The first kappa shape index (κ1) is 14.0. The van der Waals surface area contributed by atoms with Crippen LogP contribution in [0.25, 0.3) is 0 Å². The minimum absolute atomic E-state index is 0.0618. The Morgan fingerprint density at radius 2 is 2.00 bits per heavy atom. The summed E-state index contributed by atoms with van der Waals surface area (Å²) in [5.74, 6) is 0.439. The SMILES string of the molecule is CN(C(CN)C1CC1)S(=O)(=O)c1ccc2c(c1)CCC2. The van der Waals surface area contributed by atoms with Crippen LogP contribution in [-0.2, 0) is 22.9 Å². The van der Waals surface area contributed by atoms with Crippen molar-refractivity contribution in [2.45, 2.75) is 43.0 Å². The van der Waals surface area contributed by atoms with Crippen LogP contribution in [0.3, 0.4) is 0 Å². The van der Waals surface area contributed by atoms with Crippen molar-refractivity contribution in [1.82, 2.24) is 4.31 Å². The van der Waals surface area contributed by atoms with E-state index in [0.717, 1.165) is 32.1 Å². The average molecular weight is 294 g/mol. The average Bonchev–Trinajstić information content (AvgIpc) is 3.15. The molecule has 1 atom stereocenters. The number of hydrogen-bond acceptors (Lipinski definition) is 3. The second kappa shape index (κ2) is 5.13. The van der Waals surface area contributed by atoms with Crippen LogP contribution in [0, 0.1) is 5.92 Å². The van der Waals surface area contributed by atoms with Crippen molar-refractivity contribution in [3.05, 3.63) is 29.3 Å². The van der Waals surface area contributed by atoms with Crippen LogP contribution >= 0.6 is 0 Å². The number of rotatable bonds is 5. The molecule has 2 aliphatic rings. The maximum Gasteiger partial charge on any atom is 0.243 e. The molecular weight excluding hydrogens is 272 g/mol. The Labute approximate surface area is 121 Å². The first-order chi connectivity index (χ1) is 9.54. The van der Waals surface area contributed by atoms with E-state index in [1.54, 1.807) is 13.1 Å². The number of sulfonamides is 1. The third-order valence-electron chi connectivity index (χ3n) is 4.62. The molecule has 0 aromatic heterocycles. The van der Waals surface area contributed by atoms with E-state index in [9.17, 15) is 8.42 Å². The molecule has 3 rings (SSSR count). The number of benzene rings is 1. The van der Waals surface area contributed by atoms with E-state index in [2.05, 4.69) is 0 Å². The number of fused-ring (bicyclic) bond motifs is 1. The smallest absolute Gasteiger partial charge is 0.243 e. The highest BCUT2D eigenvalue weighted by Crippen LogP contribution is 2.36. The van der Waals surface area contributed by atoms with Gasteiger partial charge >= 0.3 is 0 Å².